The molecule has 0 rings (SSSR count). The van der Waals surface area contributed by atoms with Gasteiger partial charge in [0.05, 0.1) is 6.54 Å². The highest BCUT2D eigenvalue weighted by atomic mass is 16.4. The number of hydrogen-bond acceptors (Lipinski definition) is 3. The SMILES string of the molecule is CCCCCCCCCCCCCCCCCC/C=C/CC[N+](C(CCC)C(=O)O)(C(CCC)C(=O)O)C(CCC)C(=O)O. The molecule has 0 saturated heterocycles. The van der Waals surface area contributed by atoms with Gasteiger partial charge in [0.2, 0.25) is 0 Å². The number of hydrogen-bond donors (Lipinski definition) is 3. The first-order valence-electron chi connectivity index (χ1n) is 18.4. The maximum Gasteiger partial charge on any atom is 0.362 e. The quantitative estimate of drug-likeness (QED) is 0.0390. The van der Waals surface area contributed by atoms with Crippen LogP contribution in [0.4, 0.5) is 0 Å². The van der Waals surface area contributed by atoms with Gasteiger partial charge in [0.1, 0.15) is 0 Å². The number of nitrogens with zero attached hydrogens (tertiary/aromatic N) is 1. The zero-order valence-electron chi connectivity index (χ0n) is 29.1. The molecule has 0 heterocycles. The fraction of sp³-hybridized carbons (Fsp3) is 0.865. The highest BCUT2D eigenvalue weighted by Gasteiger charge is 2.56. The van der Waals surface area contributed by atoms with E-state index in [1.807, 2.05) is 26.8 Å². The summed E-state index contributed by atoms with van der Waals surface area (Å²) in [4.78, 5) is 37.8. The average molecular weight is 625 g/mol. The molecule has 0 spiro atoms. The van der Waals surface area contributed by atoms with Gasteiger partial charge in [-0.1, -0.05) is 136 Å². The van der Waals surface area contributed by atoms with Crippen molar-refractivity contribution in [2.24, 2.45) is 0 Å². The lowest BCUT2D eigenvalue weighted by Crippen LogP contribution is -2.72. The minimum atomic E-state index is -1.10. The Balaban J connectivity index is 4.81. The molecule has 7 nitrogen and oxygen atoms in total. The molecular formula is C37H70NO6+. The van der Waals surface area contributed by atoms with Crippen LogP contribution in [0.15, 0.2) is 12.2 Å². The molecule has 0 radical (unpaired) electrons. The van der Waals surface area contributed by atoms with E-state index in [0.717, 1.165) is 12.8 Å². The van der Waals surface area contributed by atoms with Gasteiger partial charge in [-0.25, -0.2) is 14.4 Å². The van der Waals surface area contributed by atoms with Gasteiger partial charge in [-0.05, 0) is 32.1 Å². The van der Waals surface area contributed by atoms with Crippen molar-refractivity contribution in [2.45, 2.75) is 200 Å². The van der Waals surface area contributed by atoms with Crippen LogP contribution in [-0.4, -0.2) is 62.4 Å². The fourth-order valence-corrected chi connectivity index (χ4v) is 6.99. The highest BCUT2D eigenvalue weighted by Crippen LogP contribution is 2.34. The monoisotopic (exact) mass is 625 g/mol. The smallest absolute Gasteiger partial charge is 0.362 e. The van der Waals surface area contributed by atoms with Crippen molar-refractivity contribution in [1.29, 1.82) is 0 Å². The van der Waals surface area contributed by atoms with Crippen molar-refractivity contribution in [1.82, 2.24) is 0 Å². The third-order valence-electron chi connectivity index (χ3n) is 9.36. The van der Waals surface area contributed by atoms with Crippen LogP contribution in [0.3, 0.4) is 0 Å². The Bertz CT molecular complexity index is 707. The normalized spacial score (nSPS) is 15.2. The molecule has 258 valence electrons. The maximum atomic E-state index is 12.6. The lowest BCUT2D eigenvalue weighted by molar-refractivity contribution is -0.973. The number of carboxylic acid groups (broad SMARTS) is 3. The van der Waals surface area contributed by atoms with Crippen molar-refractivity contribution in [3.05, 3.63) is 12.2 Å². The predicted molar refractivity (Wildman–Crippen MR) is 182 cm³/mol. The largest absolute Gasteiger partial charge is 0.477 e. The Morgan fingerprint density at radius 3 is 1.05 bits per heavy atom. The molecule has 44 heavy (non-hydrogen) atoms. The van der Waals surface area contributed by atoms with Crippen molar-refractivity contribution < 1.29 is 34.2 Å². The van der Waals surface area contributed by atoms with E-state index in [1.54, 1.807) is 0 Å². The molecule has 0 saturated carbocycles. The van der Waals surface area contributed by atoms with E-state index in [2.05, 4.69) is 13.0 Å². The number of quaternary nitrogens is 1. The van der Waals surface area contributed by atoms with E-state index in [-0.39, 0.29) is 25.8 Å². The van der Waals surface area contributed by atoms with Gasteiger partial charge < -0.3 is 15.3 Å². The van der Waals surface area contributed by atoms with Gasteiger partial charge in [0.25, 0.3) is 0 Å². The Morgan fingerprint density at radius 2 is 0.750 bits per heavy atom. The molecule has 0 aromatic carbocycles. The molecule has 0 bridgehead atoms. The number of carboxylic acids is 3. The second-order valence-corrected chi connectivity index (χ2v) is 13.0. The summed E-state index contributed by atoms with van der Waals surface area (Å²) in [6.07, 6.45) is 29.3. The second-order valence-electron chi connectivity index (χ2n) is 13.0. The fourth-order valence-electron chi connectivity index (χ4n) is 6.99. The average Bonchev–Trinajstić information content (AvgIpc) is 2.98. The predicted octanol–water partition coefficient (Wildman–Crippen LogP) is 10.2. The Morgan fingerprint density at radius 1 is 0.455 bits per heavy atom. The van der Waals surface area contributed by atoms with E-state index in [1.165, 1.54) is 96.3 Å². The van der Waals surface area contributed by atoms with E-state index >= 15 is 0 Å². The van der Waals surface area contributed by atoms with Gasteiger partial charge >= 0.3 is 17.9 Å². The Hall–Kier alpha value is -1.89. The van der Waals surface area contributed by atoms with Crippen LogP contribution in [0, 0.1) is 0 Å². The first-order valence-corrected chi connectivity index (χ1v) is 18.4. The highest BCUT2D eigenvalue weighted by molar-refractivity contribution is 5.78. The summed E-state index contributed by atoms with van der Waals surface area (Å²) < 4.78 is -0.418. The lowest BCUT2D eigenvalue weighted by Gasteiger charge is -2.50. The van der Waals surface area contributed by atoms with Gasteiger partial charge in [-0.2, -0.15) is 0 Å². The first kappa shape index (κ1) is 42.1. The summed E-state index contributed by atoms with van der Waals surface area (Å²) >= 11 is 0. The molecule has 3 N–H and O–H groups in total. The third-order valence-corrected chi connectivity index (χ3v) is 9.36. The van der Waals surface area contributed by atoms with E-state index in [4.69, 9.17) is 0 Å². The number of allylic oxidation sites excluding steroid dienone is 1. The third kappa shape index (κ3) is 17.0. The van der Waals surface area contributed by atoms with Crippen LogP contribution < -0.4 is 0 Å². The summed E-state index contributed by atoms with van der Waals surface area (Å²) in [5, 5.41) is 30.9. The van der Waals surface area contributed by atoms with Crippen LogP contribution in [0.2, 0.25) is 0 Å². The van der Waals surface area contributed by atoms with E-state index in [9.17, 15) is 29.7 Å². The Kier molecular flexibility index (Phi) is 26.2. The molecule has 7 heteroatoms. The summed E-state index contributed by atoms with van der Waals surface area (Å²) in [6, 6.07) is -3.22. The van der Waals surface area contributed by atoms with Crippen LogP contribution in [0.25, 0.3) is 0 Å². The first-order chi connectivity index (χ1) is 21.2. The van der Waals surface area contributed by atoms with Crippen molar-refractivity contribution in [3.8, 4) is 0 Å². The number of aliphatic carboxylic acids is 3. The second kappa shape index (κ2) is 27.4. The van der Waals surface area contributed by atoms with Crippen molar-refractivity contribution in [2.75, 3.05) is 6.54 Å². The van der Waals surface area contributed by atoms with E-state index < -0.39 is 40.5 Å². The summed E-state index contributed by atoms with van der Waals surface area (Å²) in [5.41, 5.74) is 0. The minimum absolute atomic E-state index is 0.195. The van der Waals surface area contributed by atoms with Gasteiger partial charge in [-0.3, -0.25) is 4.48 Å². The molecule has 0 aliphatic heterocycles. The maximum absolute atomic E-state index is 12.6. The zero-order chi connectivity index (χ0) is 33.1. The number of rotatable bonds is 32. The Labute approximate surface area is 270 Å². The molecule has 3 atom stereocenters. The molecule has 0 amide bonds. The van der Waals surface area contributed by atoms with E-state index in [0.29, 0.717) is 25.7 Å². The molecule has 0 aromatic heterocycles. The number of carbonyl (C=O) groups is 3. The van der Waals surface area contributed by atoms with Crippen LogP contribution in [0.5, 0.6) is 0 Å². The topological polar surface area (TPSA) is 112 Å². The van der Waals surface area contributed by atoms with Gasteiger partial charge in [-0.15, -0.1) is 0 Å². The van der Waals surface area contributed by atoms with Crippen molar-refractivity contribution >= 4 is 17.9 Å². The summed E-state index contributed by atoms with van der Waals surface area (Å²) in [6.45, 7) is 8.07. The summed E-state index contributed by atoms with van der Waals surface area (Å²) in [7, 11) is 0. The lowest BCUT2D eigenvalue weighted by atomic mass is 9.91. The van der Waals surface area contributed by atoms with Gasteiger partial charge in [0.15, 0.2) is 18.1 Å². The summed E-state index contributed by atoms with van der Waals surface area (Å²) in [5.74, 6) is -3.31. The van der Waals surface area contributed by atoms with Crippen molar-refractivity contribution in [3.63, 3.8) is 0 Å². The van der Waals surface area contributed by atoms with Crippen LogP contribution >= 0.6 is 0 Å². The molecular weight excluding hydrogens is 554 g/mol. The minimum Gasteiger partial charge on any atom is -0.477 e. The molecule has 0 fully saturated rings. The molecule has 0 aliphatic rings. The standard InChI is InChI=1S/C37H69NO6/c1-5-9-10-11-12-13-14-15-16-17-18-19-20-21-22-23-24-25-26-27-31-38(32(28-6-2)35(39)40,33(29-7-3)36(41)42)34(30-8-4)37(43)44/h25-26,32-34H,5-24,27-31H2,1-4H3,(H2-,39,40,41,42,43,44)/p+1/b26-25+. The van der Waals surface area contributed by atoms with Crippen LogP contribution in [0.1, 0.15) is 182 Å². The molecule has 0 aliphatic carbocycles. The molecule has 3 unspecified atom stereocenters. The molecule has 0 aromatic rings. The number of unbranched alkanes of at least 4 members (excludes halogenated alkanes) is 16. The van der Waals surface area contributed by atoms with Crippen LogP contribution in [-0.2, 0) is 14.4 Å². The zero-order valence-corrected chi connectivity index (χ0v) is 29.1. The van der Waals surface area contributed by atoms with Gasteiger partial charge in [0, 0.05) is 25.7 Å².